The largest absolute Gasteiger partial charge is 0.465 e. The summed E-state index contributed by atoms with van der Waals surface area (Å²) in [7, 11) is 5.22. The van der Waals surface area contributed by atoms with Crippen LogP contribution in [0.1, 0.15) is 20.8 Å². The highest BCUT2D eigenvalue weighted by Gasteiger charge is 2.14. The number of hydrogen-bond donors (Lipinski definition) is 2. The Labute approximate surface area is 156 Å². The van der Waals surface area contributed by atoms with Crippen molar-refractivity contribution in [2.75, 3.05) is 44.9 Å². The highest BCUT2D eigenvalue weighted by Crippen LogP contribution is 2.24. The number of carbonyl (C=O) groups excluding carboxylic acids is 2. The van der Waals surface area contributed by atoms with Gasteiger partial charge in [0.1, 0.15) is 5.82 Å². The number of amides is 1. The molecule has 0 saturated carbocycles. The van der Waals surface area contributed by atoms with Crippen LogP contribution in [-0.4, -0.2) is 61.3 Å². The highest BCUT2D eigenvalue weighted by molar-refractivity contribution is 6.34. The smallest absolute Gasteiger partial charge is 0.337 e. The predicted molar refractivity (Wildman–Crippen MR) is 99.8 cm³/mol. The molecule has 9 heteroatoms. The number of halogens is 1. The molecule has 2 aromatic rings. The third kappa shape index (κ3) is 5.40. The third-order valence-electron chi connectivity index (χ3n) is 3.40. The Bertz CT molecular complexity index is 780. The van der Waals surface area contributed by atoms with E-state index in [9.17, 15) is 9.59 Å². The van der Waals surface area contributed by atoms with Gasteiger partial charge in [0.15, 0.2) is 5.69 Å². The summed E-state index contributed by atoms with van der Waals surface area (Å²) in [6, 6.07) is 7.68. The van der Waals surface area contributed by atoms with Gasteiger partial charge in [-0.05, 0) is 44.4 Å². The molecule has 0 radical (unpaired) electrons. The molecule has 0 atom stereocenters. The zero-order chi connectivity index (χ0) is 19.1. The van der Waals surface area contributed by atoms with Gasteiger partial charge < -0.3 is 20.3 Å². The minimum absolute atomic E-state index is 0.127. The van der Waals surface area contributed by atoms with Gasteiger partial charge >= 0.3 is 5.97 Å². The molecule has 26 heavy (non-hydrogen) atoms. The quantitative estimate of drug-likeness (QED) is 0.713. The Balaban J connectivity index is 2.04. The number of rotatable bonds is 7. The van der Waals surface area contributed by atoms with Gasteiger partial charge in [0.2, 0.25) is 0 Å². The average molecular weight is 378 g/mol. The number of nitrogens with zero attached hydrogens (tertiary/aromatic N) is 3. The van der Waals surface area contributed by atoms with Crippen LogP contribution in [0, 0.1) is 0 Å². The zero-order valence-electron chi connectivity index (χ0n) is 14.7. The van der Waals surface area contributed by atoms with Crippen LogP contribution >= 0.6 is 11.6 Å². The summed E-state index contributed by atoms with van der Waals surface area (Å²) in [5.74, 6) is -0.430. The second-order valence-corrected chi connectivity index (χ2v) is 6.08. The molecule has 0 aliphatic heterocycles. The van der Waals surface area contributed by atoms with E-state index in [2.05, 4.69) is 25.6 Å². The van der Waals surface area contributed by atoms with Gasteiger partial charge in [0, 0.05) is 13.1 Å². The van der Waals surface area contributed by atoms with Crippen molar-refractivity contribution in [3.05, 3.63) is 46.6 Å². The molecule has 8 nitrogen and oxygen atoms in total. The maximum Gasteiger partial charge on any atom is 0.337 e. The summed E-state index contributed by atoms with van der Waals surface area (Å²) in [4.78, 5) is 25.9. The lowest BCUT2D eigenvalue weighted by molar-refractivity contribution is 0.0600. The molecule has 1 heterocycles. The van der Waals surface area contributed by atoms with Gasteiger partial charge in [0.05, 0.1) is 23.4 Å². The van der Waals surface area contributed by atoms with E-state index in [1.807, 2.05) is 19.0 Å². The Kier molecular flexibility index (Phi) is 6.88. The number of hydrogen-bond acceptors (Lipinski definition) is 7. The van der Waals surface area contributed by atoms with E-state index in [4.69, 9.17) is 11.6 Å². The number of likely N-dealkylation sites (N-methyl/N-ethyl adjacent to an activating group) is 1. The minimum Gasteiger partial charge on any atom is -0.465 e. The highest BCUT2D eigenvalue weighted by atomic mass is 35.5. The molecule has 0 saturated heterocycles. The van der Waals surface area contributed by atoms with E-state index in [0.29, 0.717) is 17.4 Å². The monoisotopic (exact) mass is 377 g/mol. The molecule has 0 aliphatic carbocycles. The van der Waals surface area contributed by atoms with Crippen LogP contribution in [0.3, 0.4) is 0 Å². The first-order chi connectivity index (χ1) is 12.4. The van der Waals surface area contributed by atoms with Crippen LogP contribution in [0.2, 0.25) is 5.02 Å². The number of carbonyl (C=O) groups is 2. The molecule has 0 spiro atoms. The van der Waals surface area contributed by atoms with Crippen molar-refractivity contribution in [1.82, 2.24) is 15.1 Å². The van der Waals surface area contributed by atoms with Gasteiger partial charge in [-0.1, -0.05) is 11.6 Å². The maximum atomic E-state index is 12.3. The topological polar surface area (TPSA) is 96.4 Å². The fourth-order valence-corrected chi connectivity index (χ4v) is 2.17. The lowest BCUT2D eigenvalue weighted by Crippen LogP contribution is -2.21. The number of nitrogens with one attached hydrogen (secondary N) is 2. The number of ether oxygens (including phenoxy) is 1. The number of esters is 1. The molecule has 138 valence electrons. The van der Waals surface area contributed by atoms with Crippen LogP contribution in [-0.2, 0) is 4.74 Å². The Morgan fingerprint density at radius 2 is 1.96 bits per heavy atom. The van der Waals surface area contributed by atoms with Crippen LogP contribution < -0.4 is 10.6 Å². The van der Waals surface area contributed by atoms with Crippen molar-refractivity contribution >= 4 is 35.0 Å². The molecule has 2 rings (SSSR count). The molecule has 0 fully saturated rings. The average Bonchev–Trinajstić information content (AvgIpc) is 2.63. The molecule has 2 N–H and O–H groups in total. The van der Waals surface area contributed by atoms with E-state index in [1.54, 1.807) is 12.1 Å². The molecule has 0 aliphatic rings. The van der Waals surface area contributed by atoms with Gasteiger partial charge in [-0.15, -0.1) is 10.2 Å². The number of methoxy groups -OCH3 is 1. The van der Waals surface area contributed by atoms with Crippen molar-refractivity contribution in [2.24, 2.45) is 0 Å². The summed E-state index contributed by atoms with van der Waals surface area (Å²) in [5, 5.41) is 13.9. The molecular weight excluding hydrogens is 358 g/mol. The third-order valence-corrected chi connectivity index (χ3v) is 3.73. The maximum absolute atomic E-state index is 12.3. The summed E-state index contributed by atoms with van der Waals surface area (Å²) in [6.45, 7) is 1.56. The second kappa shape index (κ2) is 9.12. The second-order valence-electron chi connectivity index (χ2n) is 5.67. The minimum atomic E-state index is -0.523. The summed E-state index contributed by atoms with van der Waals surface area (Å²) >= 11 is 6.07. The van der Waals surface area contributed by atoms with Crippen LogP contribution in [0.4, 0.5) is 11.5 Å². The van der Waals surface area contributed by atoms with E-state index in [0.717, 1.165) is 6.54 Å². The molecule has 0 unspecified atom stereocenters. The summed E-state index contributed by atoms with van der Waals surface area (Å²) in [5.41, 5.74) is 0.691. The Morgan fingerprint density at radius 1 is 1.19 bits per heavy atom. The summed E-state index contributed by atoms with van der Waals surface area (Å²) < 4.78 is 4.65. The standard InChI is InChI=1S/C17H20ClN5O3/c1-23(2)9-8-19-15-7-6-13(21-22-15)16(24)20-14-10-11(17(25)26-3)4-5-12(14)18/h4-7,10H,8-9H2,1-3H3,(H,19,22)(H,20,24). The molecule has 1 aromatic carbocycles. The van der Waals surface area contributed by atoms with Gasteiger partial charge in [-0.25, -0.2) is 4.79 Å². The van der Waals surface area contributed by atoms with E-state index in [-0.39, 0.29) is 16.9 Å². The van der Waals surface area contributed by atoms with Gasteiger partial charge in [-0.2, -0.15) is 0 Å². The Hall–Kier alpha value is -2.71. The molecule has 1 amide bonds. The lowest BCUT2D eigenvalue weighted by Gasteiger charge is -2.11. The normalized spacial score (nSPS) is 10.5. The van der Waals surface area contributed by atoms with Crippen molar-refractivity contribution < 1.29 is 14.3 Å². The predicted octanol–water partition coefficient (Wildman–Crippen LogP) is 2.14. The first kappa shape index (κ1) is 19.6. The first-order valence-corrected chi connectivity index (χ1v) is 8.20. The Morgan fingerprint density at radius 3 is 2.58 bits per heavy atom. The van der Waals surface area contributed by atoms with E-state index >= 15 is 0 Å². The first-order valence-electron chi connectivity index (χ1n) is 7.82. The molecule has 1 aromatic heterocycles. The van der Waals surface area contributed by atoms with Crippen LogP contribution in [0.25, 0.3) is 0 Å². The fourth-order valence-electron chi connectivity index (χ4n) is 2.01. The van der Waals surface area contributed by atoms with Crippen molar-refractivity contribution in [2.45, 2.75) is 0 Å². The number of aromatic nitrogens is 2. The van der Waals surface area contributed by atoms with Gasteiger partial charge in [0.25, 0.3) is 5.91 Å². The number of benzene rings is 1. The molecular formula is C17H20ClN5O3. The van der Waals surface area contributed by atoms with Crippen molar-refractivity contribution in [3.8, 4) is 0 Å². The molecule has 0 bridgehead atoms. The van der Waals surface area contributed by atoms with E-state index < -0.39 is 11.9 Å². The van der Waals surface area contributed by atoms with E-state index in [1.165, 1.54) is 25.3 Å². The fraction of sp³-hybridized carbons (Fsp3) is 0.294. The van der Waals surface area contributed by atoms with Crippen molar-refractivity contribution in [3.63, 3.8) is 0 Å². The van der Waals surface area contributed by atoms with Crippen molar-refractivity contribution in [1.29, 1.82) is 0 Å². The number of anilines is 2. The lowest BCUT2D eigenvalue weighted by atomic mass is 10.2. The SMILES string of the molecule is COC(=O)c1ccc(Cl)c(NC(=O)c2ccc(NCCN(C)C)nn2)c1. The van der Waals surface area contributed by atoms with Crippen LogP contribution in [0.5, 0.6) is 0 Å². The van der Waals surface area contributed by atoms with Crippen LogP contribution in [0.15, 0.2) is 30.3 Å². The zero-order valence-corrected chi connectivity index (χ0v) is 15.5. The van der Waals surface area contributed by atoms with Gasteiger partial charge in [-0.3, -0.25) is 4.79 Å². The summed E-state index contributed by atoms with van der Waals surface area (Å²) in [6.07, 6.45) is 0.